The third-order valence-electron chi connectivity index (χ3n) is 4.61. The molecule has 1 aliphatic rings. The minimum Gasteiger partial charge on any atom is -0.348 e. The van der Waals surface area contributed by atoms with Crippen molar-refractivity contribution in [3.05, 3.63) is 58.8 Å². The number of fused-ring (bicyclic) bond motifs is 3. The maximum atomic E-state index is 4.43. The highest BCUT2D eigenvalue weighted by Crippen LogP contribution is 2.31. The van der Waals surface area contributed by atoms with E-state index in [1.807, 2.05) is 0 Å². The van der Waals surface area contributed by atoms with Gasteiger partial charge in [-0.15, -0.1) is 0 Å². The van der Waals surface area contributed by atoms with Gasteiger partial charge < -0.3 is 9.55 Å². The van der Waals surface area contributed by atoms with E-state index in [0.717, 1.165) is 25.0 Å². The van der Waals surface area contributed by atoms with Crippen molar-refractivity contribution in [2.45, 2.75) is 33.1 Å². The summed E-state index contributed by atoms with van der Waals surface area (Å²) in [5, 5.41) is 1.38. The molecule has 0 saturated heterocycles. The number of allylic oxidation sites excluding steroid dienone is 1. The van der Waals surface area contributed by atoms with E-state index >= 15 is 0 Å². The highest BCUT2D eigenvalue weighted by Gasteiger charge is 2.18. The Balaban J connectivity index is 1.80. The fraction of sp³-hybridized carbons (Fsp3) is 0.278. The second-order valence-electron chi connectivity index (χ2n) is 5.90. The molecule has 106 valence electrons. The monoisotopic (exact) mass is 277 g/mol. The maximum absolute atomic E-state index is 4.43. The van der Waals surface area contributed by atoms with Crippen molar-refractivity contribution in [2.75, 3.05) is 0 Å². The van der Waals surface area contributed by atoms with Crippen LogP contribution < -0.4 is 0 Å². The zero-order valence-electron chi connectivity index (χ0n) is 12.5. The Morgan fingerprint density at radius 3 is 2.86 bits per heavy atom. The Morgan fingerprint density at radius 1 is 1.19 bits per heavy atom. The van der Waals surface area contributed by atoms with E-state index in [9.17, 15) is 0 Å². The van der Waals surface area contributed by atoms with Crippen LogP contribution in [0.25, 0.3) is 17.1 Å². The molecular formula is C18H19N3. The summed E-state index contributed by atoms with van der Waals surface area (Å²) in [6, 6.07) is 8.68. The Bertz CT molecular complexity index is 849. The van der Waals surface area contributed by atoms with Crippen molar-refractivity contribution < 1.29 is 0 Å². The number of imidazole rings is 1. The van der Waals surface area contributed by atoms with Crippen LogP contribution in [0.2, 0.25) is 0 Å². The predicted molar refractivity (Wildman–Crippen MR) is 86.3 cm³/mol. The lowest BCUT2D eigenvalue weighted by molar-refractivity contribution is 0.808. The normalized spacial score (nSPS) is 14.3. The zero-order chi connectivity index (χ0) is 14.4. The summed E-state index contributed by atoms with van der Waals surface area (Å²) >= 11 is 0. The minimum atomic E-state index is 0.945. The Labute approximate surface area is 124 Å². The smallest absolute Gasteiger partial charge is 0.0925 e. The van der Waals surface area contributed by atoms with Gasteiger partial charge in [-0.05, 0) is 43.9 Å². The van der Waals surface area contributed by atoms with Gasteiger partial charge in [-0.1, -0.05) is 18.2 Å². The summed E-state index contributed by atoms with van der Waals surface area (Å²) in [7, 11) is 0. The van der Waals surface area contributed by atoms with Crippen molar-refractivity contribution in [3.8, 4) is 0 Å². The molecular weight excluding hydrogens is 258 g/mol. The second kappa shape index (κ2) is 4.62. The molecule has 0 atom stereocenters. The van der Waals surface area contributed by atoms with Crippen LogP contribution in [0.15, 0.2) is 36.2 Å². The third-order valence-corrected chi connectivity index (χ3v) is 4.61. The van der Waals surface area contributed by atoms with Gasteiger partial charge in [0, 0.05) is 29.4 Å². The van der Waals surface area contributed by atoms with E-state index in [4.69, 9.17) is 0 Å². The first-order valence-corrected chi connectivity index (χ1v) is 7.51. The molecule has 1 N–H and O–H groups in total. The highest BCUT2D eigenvalue weighted by molar-refractivity contribution is 5.87. The van der Waals surface area contributed by atoms with E-state index in [1.165, 1.54) is 33.4 Å². The van der Waals surface area contributed by atoms with Crippen molar-refractivity contribution in [1.82, 2.24) is 14.5 Å². The van der Waals surface area contributed by atoms with Crippen LogP contribution in [0.5, 0.6) is 0 Å². The lowest BCUT2D eigenvalue weighted by Gasteiger charge is -2.17. The standard InChI is InChI=1S/C18H19N3/c1-12-15-5-3-4-6-18(15)21-10-14(7-8-17(12)21)9-16-13(2)19-11-20-16/h3-6,10-11H,7-9H2,1-2H3,(H,19,20). The first-order valence-electron chi connectivity index (χ1n) is 7.51. The first kappa shape index (κ1) is 12.5. The summed E-state index contributed by atoms with van der Waals surface area (Å²) in [6.45, 7) is 4.33. The number of aromatic nitrogens is 3. The van der Waals surface area contributed by atoms with Crippen LogP contribution in [0.1, 0.15) is 29.1 Å². The number of H-pyrrole nitrogens is 1. The Hall–Kier alpha value is -2.29. The van der Waals surface area contributed by atoms with Gasteiger partial charge in [0.1, 0.15) is 0 Å². The minimum absolute atomic E-state index is 0.945. The van der Waals surface area contributed by atoms with Crippen LogP contribution in [0.3, 0.4) is 0 Å². The van der Waals surface area contributed by atoms with Crippen molar-refractivity contribution in [2.24, 2.45) is 0 Å². The number of aryl methyl sites for hydroxylation is 2. The molecule has 0 radical (unpaired) electrons. The molecule has 21 heavy (non-hydrogen) atoms. The van der Waals surface area contributed by atoms with Gasteiger partial charge in [0.05, 0.1) is 17.5 Å². The molecule has 3 heterocycles. The van der Waals surface area contributed by atoms with E-state index in [0.29, 0.717) is 0 Å². The summed E-state index contributed by atoms with van der Waals surface area (Å²) in [6.07, 6.45) is 7.30. The maximum Gasteiger partial charge on any atom is 0.0925 e. The number of nitrogens with one attached hydrogen (secondary N) is 1. The third kappa shape index (κ3) is 1.92. The van der Waals surface area contributed by atoms with Crippen molar-refractivity contribution in [3.63, 3.8) is 0 Å². The van der Waals surface area contributed by atoms with Crippen molar-refractivity contribution >= 4 is 17.1 Å². The topological polar surface area (TPSA) is 33.6 Å². The zero-order valence-corrected chi connectivity index (χ0v) is 12.5. The van der Waals surface area contributed by atoms with E-state index < -0.39 is 0 Å². The van der Waals surface area contributed by atoms with Gasteiger partial charge in [-0.3, -0.25) is 0 Å². The summed E-state index contributed by atoms with van der Waals surface area (Å²) in [4.78, 5) is 7.59. The molecule has 1 aliphatic heterocycles. The van der Waals surface area contributed by atoms with E-state index in [-0.39, 0.29) is 0 Å². The first-order chi connectivity index (χ1) is 10.2. The van der Waals surface area contributed by atoms with Gasteiger partial charge in [0.15, 0.2) is 0 Å². The molecule has 0 bridgehead atoms. The molecule has 2 aromatic heterocycles. The lowest BCUT2D eigenvalue weighted by Crippen LogP contribution is -2.07. The van der Waals surface area contributed by atoms with Crippen molar-refractivity contribution in [1.29, 1.82) is 0 Å². The molecule has 0 aliphatic carbocycles. The average molecular weight is 277 g/mol. The average Bonchev–Trinajstić information content (AvgIpc) is 3.03. The van der Waals surface area contributed by atoms with Crippen LogP contribution in [0.4, 0.5) is 0 Å². The fourth-order valence-electron chi connectivity index (χ4n) is 3.38. The molecule has 4 rings (SSSR count). The quantitative estimate of drug-likeness (QED) is 0.754. The van der Waals surface area contributed by atoms with Gasteiger partial charge in [0.25, 0.3) is 0 Å². The number of nitrogens with zero attached hydrogens (tertiary/aromatic N) is 2. The predicted octanol–water partition coefficient (Wildman–Crippen LogP) is 4.01. The Kier molecular flexibility index (Phi) is 2.74. The molecule has 1 aromatic carbocycles. The number of hydrogen-bond acceptors (Lipinski definition) is 1. The SMILES string of the molecule is Cc1[nH]cnc1CC1=Cn2c(c(C)c3ccccc32)CC1. The molecule has 0 fully saturated rings. The van der Waals surface area contributed by atoms with Gasteiger partial charge in [0.2, 0.25) is 0 Å². The van der Waals surface area contributed by atoms with Crippen LogP contribution in [-0.2, 0) is 12.8 Å². The van der Waals surface area contributed by atoms with Gasteiger partial charge in [-0.2, -0.15) is 0 Å². The van der Waals surface area contributed by atoms with Crippen LogP contribution >= 0.6 is 0 Å². The number of hydrogen-bond donors (Lipinski definition) is 1. The molecule has 3 nitrogen and oxygen atoms in total. The number of para-hydroxylation sites is 1. The fourth-order valence-corrected chi connectivity index (χ4v) is 3.38. The molecule has 3 heteroatoms. The molecule has 0 saturated carbocycles. The van der Waals surface area contributed by atoms with Crippen LogP contribution in [-0.4, -0.2) is 14.5 Å². The summed E-state index contributed by atoms with van der Waals surface area (Å²) in [5.74, 6) is 0. The van der Waals surface area contributed by atoms with E-state index in [2.05, 4.69) is 58.8 Å². The number of benzene rings is 1. The molecule has 3 aromatic rings. The summed E-state index contributed by atoms with van der Waals surface area (Å²) in [5.41, 5.74) is 8.00. The Morgan fingerprint density at radius 2 is 2.05 bits per heavy atom. The van der Waals surface area contributed by atoms with Gasteiger partial charge >= 0.3 is 0 Å². The molecule has 0 spiro atoms. The number of rotatable bonds is 2. The largest absolute Gasteiger partial charge is 0.348 e. The summed E-state index contributed by atoms with van der Waals surface area (Å²) < 4.78 is 2.38. The number of aromatic amines is 1. The molecule has 0 unspecified atom stereocenters. The second-order valence-corrected chi connectivity index (χ2v) is 5.90. The lowest BCUT2D eigenvalue weighted by atomic mass is 10.00. The van der Waals surface area contributed by atoms with Gasteiger partial charge in [-0.25, -0.2) is 4.98 Å². The van der Waals surface area contributed by atoms with Crippen LogP contribution in [0, 0.1) is 13.8 Å². The van der Waals surface area contributed by atoms with E-state index in [1.54, 1.807) is 6.33 Å². The molecule has 0 amide bonds. The highest BCUT2D eigenvalue weighted by atomic mass is 15.0.